The molecule has 5 rings (SSSR count). The van der Waals surface area contributed by atoms with Crippen molar-refractivity contribution in [3.63, 3.8) is 0 Å². The Bertz CT molecular complexity index is 1290. The van der Waals surface area contributed by atoms with Gasteiger partial charge in [-0.1, -0.05) is 97.1 Å². The number of pyridine rings is 1. The van der Waals surface area contributed by atoms with Crippen LogP contribution in [0.5, 0.6) is 0 Å². The molecule has 1 heterocycles. The van der Waals surface area contributed by atoms with Crippen molar-refractivity contribution < 1.29 is 0 Å². The summed E-state index contributed by atoms with van der Waals surface area (Å²) in [5.74, 6) is 0. The summed E-state index contributed by atoms with van der Waals surface area (Å²) in [6.45, 7) is 0. The van der Waals surface area contributed by atoms with E-state index in [-0.39, 0.29) is 0 Å². The van der Waals surface area contributed by atoms with Gasteiger partial charge in [0.1, 0.15) is 0 Å². The summed E-state index contributed by atoms with van der Waals surface area (Å²) in [4.78, 5) is 5.02. The van der Waals surface area contributed by atoms with E-state index in [1.54, 1.807) is 0 Å². The first-order valence-corrected chi connectivity index (χ1v) is 11.3. The van der Waals surface area contributed by atoms with E-state index < -0.39 is 0 Å². The van der Waals surface area contributed by atoms with Crippen molar-refractivity contribution in [1.29, 1.82) is 0 Å². The molecule has 0 amide bonds. The van der Waals surface area contributed by atoms with Gasteiger partial charge >= 0.3 is 0 Å². The van der Waals surface area contributed by atoms with Crippen LogP contribution in [-0.2, 0) is 0 Å². The Labute approximate surface area is 196 Å². The van der Waals surface area contributed by atoms with Crippen molar-refractivity contribution in [2.24, 2.45) is 0 Å². The van der Waals surface area contributed by atoms with Crippen molar-refractivity contribution in [2.75, 3.05) is 0 Å². The number of halogens is 1. The molecule has 0 saturated carbocycles. The molecule has 0 fully saturated rings. The fourth-order valence-electron chi connectivity index (χ4n) is 3.71. The maximum absolute atomic E-state index is 5.02. The topological polar surface area (TPSA) is 12.9 Å². The maximum Gasteiger partial charge on any atom is 0.0715 e. The molecule has 0 atom stereocenters. The highest BCUT2D eigenvalue weighted by Crippen LogP contribution is 2.31. The molecule has 2 heteroatoms. The highest BCUT2D eigenvalue weighted by atomic mass is 127. The zero-order valence-corrected chi connectivity index (χ0v) is 19.0. The first kappa shape index (κ1) is 19.7. The van der Waals surface area contributed by atoms with E-state index in [1.807, 2.05) is 12.1 Å². The number of nitrogens with zero attached hydrogens (tertiary/aromatic N) is 1. The van der Waals surface area contributed by atoms with E-state index >= 15 is 0 Å². The summed E-state index contributed by atoms with van der Waals surface area (Å²) in [7, 11) is 0. The molecule has 1 aromatic heterocycles. The Morgan fingerprint density at radius 1 is 0.387 bits per heavy atom. The Balaban J connectivity index is 1.60. The maximum atomic E-state index is 5.02. The lowest BCUT2D eigenvalue weighted by molar-refractivity contribution is 1.32. The van der Waals surface area contributed by atoms with Gasteiger partial charge in [0.25, 0.3) is 0 Å². The summed E-state index contributed by atoms with van der Waals surface area (Å²) in [5.41, 5.74) is 9.00. The SMILES string of the molecule is Ic1ccc(-c2cc(-c3ccccc3)nc(-c3ccc(-c4ccccc4)cc3)c2)cc1. The van der Waals surface area contributed by atoms with E-state index in [2.05, 4.69) is 132 Å². The summed E-state index contributed by atoms with van der Waals surface area (Å²) in [5, 5.41) is 0. The fourth-order valence-corrected chi connectivity index (χ4v) is 4.07. The van der Waals surface area contributed by atoms with Crippen LogP contribution in [0, 0.1) is 3.57 Å². The summed E-state index contributed by atoms with van der Waals surface area (Å²) in [6.07, 6.45) is 0. The monoisotopic (exact) mass is 509 g/mol. The van der Waals surface area contributed by atoms with E-state index in [9.17, 15) is 0 Å². The molecule has 0 spiro atoms. The number of hydrogen-bond donors (Lipinski definition) is 0. The Morgan fingerprint density at radius 2 is 0.774 bits per heavy atom. The average molecular weight is 509 g/mol. The molecule has 0 unspecified atom stereocenters. The quantitative estimate of drug-likeness (QED) is 0.222. The molecule has 0 aliphatic carbocycles. The first-order chi connectivity index (χ1) is 15.3. The van der Waals surface area contributed by atoms with Gasteiger partial charge in [0.15, 0.2) is 0 Å². The highest BCUT2D eigenvalue weighted by molar-refractivity contribution is 14.1. The lowest BCUT2D eigenvalue weighted by atomic mass is 9.98. The molecule has 1 nitrogen and oxygen atoms in total. The minimum Gasteiger partial charge on any atom is -0.248 e. The third-order valence-electron chi connectivity index (χ3n) is 5.36. The smallest absolute Gasteiger partial charge is 0.0715 e. The number of hydrogen-bond acceptors (Lipinski definition) is 1. The van der Waals surface area contributed by atoms with Gasteiger partial charge < -0.3 is 0 Å². The van der Waals surface area contributed by atoms with Crippen LogP contribution in [0.3, 0.4) is 0 Å². The molecule has 0 N–H and O–H groups in total. The van der Waals surface area contributed by atoms with Crippen LogP contribution in [0.15, 0.2) is 121 Å². The second-order valence-corrected chi connectivity index (χ2v) is 8.69. The van der Waals surface area contributed by atoms with Crippen LogP contribution in [0.25, 0.3) is 44.8 Å². The number of aromatic nitrogens is 1. The summed E-state index contributed by atoms with van der Waals surface area (Å²) < 4.78 is 1.23. The van der Waals surface area contributed by atoms with Crippen LogP contribution in [0.4, 0.5) is 0 Å². The largest absolute Gasteiger partial charge is 0.248 e. The van der Waals surface area contributed by atoms with Gasteiger partial charge in [0.05, 0.1) is 11.4 Å². The zero-order chi connectivity index (χ0) is 21.0. The molecule has 0 aliphatic rings. The second kappa shape index (κ2) is 8.86. The molecule has 5 aromatic rings. The van der Waals surface area contributed by atoms with Crippen LogP contribution >= 0.6 is 22.6 Å². The minimum atomic E-state index is 0.981. The molecule has 0 aliphatic heterocycles. The fraction of sp³-hybridized carbons (Fsp3) is 0. The average Bonchev–Trinajstić information content (AvgIpc) is 2.85. The molecule has 4 aromatic carbocycles. The highest BCUT2D eigenvalue weighted by Gasteiger charge is 2.09. The van der Waals surface area contributed by atoms with Gasteiger partial charge in [-0.25, -0.2) is 4.98 Å². The first-order valence-electron chi connectivity index (χ1n) is 10.3. The molecule has 0 saturated heterocycles. The van der Waals surface area contributed by atoms with Crippen molar-refractivity contribution in [1.82, 2.24) is 4.98 Å². The normalized spacial score (nSPS) is 10.7. The van der Waals surface area contributed by atoms with Gasteiger partial charge in [0.2, 0.25) is 0 Å². The number of rotatable bonds is 4. The van der Waals surface area contributed by atoms with Crippen molar-refractivity contribution in [2.45, 2.75) is 0 Å². The Morgan fingerprint density at radius 3 is 1.35 bits per heavy atom. The number of benzene rings is 4. The van der Waals surface area contributed by atoms with Crippen molar-refractivity contribution >= 4 is 22.6 Å². The van der Waals surface area contributed by atoms with E-state index in [1.165, 1.54) is 25.8 Å². The van der Waals surface area contributed by atoms with Gasteiger partial charge in [-0.3, -0.25) is 0 Å². The van der Waals surface area contributed by atoms with Gasteiger partial charge in [-0.05, 0) is 69.1 Å². The van der Waals surface area contributed by atoms with Crippen LogP contribution < -0.4 is 0 Å². The van der Waals surface area contributed by atoms with Gasteiger partial charge in [-0.2, -0.15) is 0 Å². The van der Waals surface area contributed by atoms with Crippen LogP contribution in [-0.4, -0.2) is 4.98 Å². The van der Waals surface area contributed by atoms with E-state index in [0.717, 1.165) is 22.5 Å². The lowest BCUT2D eigenvalue weighted by Crippen LogP contribution is -1.91. The van der Waals surface area contributed by atoms with E-state index in [4.69, 9.17) is 4.98 Å². The molecular weight excluding hydrogens is 489 g/mol. The van der Waals surface area contributed by atoms with E-state index in [0.29, 0.717) is 0 Å². The third-order valence-corrected chi connectivity index (χ3v) is 6.08. The standard InChI is InChI=1S/C29H20IN/c30-27-17-15-23(16-18-27)26-19-28(24-9-5-2-6-10-24)31-29(20-26)25-13-11-22(12-14-25)21-7-3-1-4-8-21/h1-20H. The third kappa shape index (κ3) is 4.44. The van der Waals surface area contributed by atoms with Crippen LogP contribution in [0.1, 0.15) is 0 Å². The van der Waals surface area contributed by atoms with Crippen LogP contribution in [0.2, 0.25) is 0 Å². The molecular formula is C29H20IN. The molecule has 0 radical (unpaired) electrons. The van der Waals surface area contributed by atoms with Gasteiger partial charge in [-0.15, -0.1) is 0 Å². The van der Waals surface area contributed by atoms with Crippen molar-refractivity contribution in [3.8, 4) is 44.8 Å². The predicted octanol–water partition coefficient (Wildman–Crippen LogP) is 8.35. The lowest BCUT2D eigenvalue weighted by Gasteiger charge is -2.11. The summed E-state index contributed by atoms with van der Waals surface area (Å²) >= 11 is 2.34. The molecule has 31 heavy (non-hydrogen) atoms. The van der Waals surface area contributed by atoms with Crippen molar-refractivity contribution in [3.05, 3.63) is 125 Å². The minimum absolute atomic E-state index is 0.981. The Hall–Kier alpha value is -3.24. The predicted molar refractivity (Wildman–Crippen MR) is 139 cm³/mol. The Kier molecular flexibility index (Phi) is 5.63. The molecule has 0 bridgehead atoms. The zero-order valence-electron chi connectivity index (χ0n) is 16.9. The van der Waals surface area contributed by atoms with Gasteiger partial charge in [0, 0.05) is 14.7 Å². The summed E-state index contributed by atoms with van der Waals surface area (Å²) in [6, 6.07) is 42.5. The molecule has 148 valence electrons. The second-order valence-electron chi connectivity index (χ2n) is 7.44.